The third-order valence-corrected chi connectivity index (χ3v) is 4.61. The Morgan fingerprint density at radius 3 is 2.46 bits per heavy atom. The van der Waals surface area contributed by atoms with E-state index >= 15 is 0 Å². The number of carbonyl (C=O) groups is 1. The Kier molecular flexibility index (Phi) is 6.18. The van der Waals surface area contributed by atoms with Crippen LogP contribution in [0.25, 0.3) is 0 Å². The molecule has 28 heavy (non-hydrogen) atoms. The first-order chi connectivity index (χ1) is 13.5. The van der Waals surface area contributed by atoms with Crippen molar-refractivity contribution in [1.29, 1.82) is 0 Å². The lowest BCUT2D eigenvalue weighted by Gasteiger charge is -2.32. The molecule has 150 valence electrons. The second-order valence-corrected chi connectivity index (χ2v) is 6.49. The summed E-state index contributed by atoms with van der Waals surface area (Å²) in [6.45, 7) is 2.96. The van der Waals surface area contributed by atoms with Crippen molar-refractivity contribution in [3.8, 4) is 23.1 Å². The van der Waals surface area contributed by atoms with Crippen molar-refractivity contribution in [1.82, 2.24) is 14.9 Å². The summed E-state index contributed by atoms with van der Waals surface area (Å²) in [6, 6.07) is 5.07. The van der Waals surface area contributed by atoms with Gasteiger partial charge in [-0.3, -0.25) is 4.79 Å². The fourth-order valence-electron chi connectivity index (χ4n) is 3.28. The Balaban J connectivity index is 1.76. The number of nitrogens with zero attached hydrogens (tertiary/aromatic N) is 3. The summed E-state index contributed by atoms with van der Waals surface area (Å²) in [5.41, 5.74) is 0.480. The van der Waals surface area contributed by atoms with Crippen LogP contribution in [0.4, 0.5) is 0 Å². The molecule has 2 heterocycles. The Morgan fingerprint density at radius 1 is 1.14 bits per heavy atom. The maximum Gasteiger partial charge on any atom is 0.254 e. The van der Waals surface area contributed by atoms with Gasteiger partial charge in [0.15, 0.2) is 11.5 Å². The van der Waals surface area contributed by atoms with E-state index in [4.69, 9.17) is 18.9 Å². The van der Waals surface area contributed by atoms with Gasteiger partial charge in [-0.2, -0.15) is 4.98 Å². The lowest BCUT2D eigenvalue weighted by Crippen LogP contribution is -2.44. The first-order valence-electron chi connectivity index (χ1n) is 9.11. The molecule has 0 unspecified atom stereocenters. The van der Waals surface area contributed by atoms with Gasteiger partial charge in [-0.05, 0) is 31.9 Å². The number of likely N-dealkylation sites (tertiary alicyclic amines) is 1. The molecule has 1 aromatic heterocycles. The highest BCUT2D eigenvalue weighted by Gasteiger charge is 2.27. The molecule has 8 nitrogen and oxygen atoms in total. The van der Waals surface area contributed by atoms with Crippen LogP contribution in [-0.4, -0.2) is 61.3 Å². The number of amides is 1. The highest BCUT2D eigenvalue weighted by Crippen LogP contribution is 2.38. The van der Waals surface area contributed by atoms with Crippen LogP contribution in [0.1, 0.15) is 29.0 Å². The fourth-order valence-corrected chi connectivity index (χ4v) is 3.28. The summed E-state index contributed by atoms with van der Waals surface area (Å²) in [4.78, 5) is 23.2. The molecule has 1 amide bonds. The molecule has 0 spiro atoms. The predicted molar refractivity (Wildman–Crippen MR) is 102 cm³/mol. The Morgan fingerprint density at radius 2 is 1.86 bits per heavy atom. The molecule has 0 saturated carbocycles. The van der Waals surface area contributed by atoms with Gasteiger partial charge in [-0.15, -0.1) is 0 Å². The van der Waals surface area contributed by atoms with Gasteiger partial charge >= 0.3 is 0 Å². The molecular formula is C20H25N3O5. The molecule has 8 heteroatoms. The Bertz CT molecular complexity index is 817. The minimum Gasteiger partial charge on any atom is -0.493 e. The number of aryl methyl sites for hydroxylation is 1. The highest BCUT2D eigenvalue weighted by molar-refractivity contribution is 5.95. The molecule has 0 N–H and O–H groups in total. The van der Waals surface area contributed by atoms with Gasteiger partial charge in [0, 0.05) is 24.4 Å². The van der Waals surface area contributed by atoms with Crippen molar-refractivity contribution >= 4 is 5.91 Å². The first kappa shape index (κ1) is 19.7. The van der Waals surface area contributed by atoms with Crippen molar-refractivity contribution < 1.29 is 23.7 Å². The Labute approximate surface area is 164 Å². The van der Waals surface area contributed by atoms with Gasteiger partial charge in [0.2, 0.25) is 11.6 Å². The molecule has 1 aromatic carbocycles. The quantitative estimate of drug-likeness (QED) is 0.753. The number of benzene rings is 1. The van der Waals surface area contributed by atoms with Crippen LogP contribution in [-0.2, 0) is 0 Å². The molecule has 0 bridgehead atoms. The summed E-state index contributed by atoms with van der Waals surface area (Å²) >= 11 is 0. The lowest BCUT2D eigenvalue weighted by atomic mass is 10.1. The number of ether oxygens (including phenoxy) is 4. The molecule has 1 aliphatic heterocycles. The second-order valence-electron chi connectivity index (χ2n) is 6.49. The largest absolute Gasteiger partial charge is 0.493 e. The topological polar surface area (TPSA) is 83.0 Å². The average molecular weight is 387 g/mol. The van der Waals surface area contributed by atoms with Gasteiger partial charge in [0.1, 0.15) is 11.9 Å². The maximum absolute atomic E-state index is 13.1. The minimum absolute atomic E-state index is 0.105. The average Bonchev–Trinajstić information content (AvgIpc) is 2.72. The third kappa shape index (κ3) is 4.27. The van der Waals surface area contributed by atoms with Crippen molar-refractivity contribution in [2.45, 2.75) is 25.9 Å². The summed E-state index contributed by atoms with van der Waals surface area (Å²) in [7, 11) is 4.59. The molecule has 1 fully saturated rings. The van der Waals surface area contributed by atoms with Gasteiger partial charge in [-0.1, -0.05) is 0 Å². The van der Waals surface area contributed by atoms with Crippen molar-refractivity contribution in [2.75, 3.05) is 34.4 Å². The van der Waals surface area contributed by atoms with E-state index in [2.05, 4.69) is 9.97 Å². The molecule has 2 aromatic rings. The van der Waals surface area contributed by atoms with E-state index in [1.165, 1.54) is 21.3 Å². The first-order valence-corrected chi connectivity index (χ1v) is 9.11. The number of hydrogen-bond acceptors (Lipinski definition) is 7. The summed E-state index contributed by atoms with van der Waals surface area (Å²) in [5, 5.41) is 0. The van der Waals surface area contributed by atoms with E-state index in [-0.39, 0.29) is 12.0 Å². The zero-order chi connectivity index (χ0) is 20.1. The van der Waals surface area contributed by atoms with E-state index in [0.29, 0.717) is 47.6 Å². The van der Waals surface area contributed by atoms with Crippen LogP contribution in [0.5, 0.6) is 23.1 Å². The summed E-state index contributed by atoms with van der Waals surface area (Å²) < 4.78 is 22.0. The van der Waals surface area contributed by atoms with Crippen LogP contribution in [0.2, 0.25) is 0 Å². The number of carbonyl (C=O) groups excluding carboxylic acids is 1. The van der Waals surface area contributed by atoms with E-state index in [0.717, 1.165) is 12.8 Å². The monoisotopic (exact) mass is 387 g/mol. The van der Waals surface area contributed by atoms with Crippen LogP contribution in [0, 0.1) is 6.92 Å². The maximum atomic E-state index is 13.1. The van der Waals surface area contributed by atoms with E-state index in [9.17, 15) is 4.79 Å². The molecule has 3 rings (SSSR count). The minimum atomic E-state index is -0.117. The molecule has 1 aliphatic rings. The Hall–Kier alpha value is -3.03. The smallest absolute Gasteiger partial charge is 0.254 e. The standard InChI is InChI=1S/C20H25N3O5/c1-13-21-8-7-18(22-13)28-15-6-5-9-23(12-15)20(24)14-10-16(25-2)19(27-4)17(11-14)26-3/h7-8,10-11,15H,5-6,9,12H2,1-4H3/t15-/m1/s1. The molecular weight excluding hydrogens is 362 g/mol. The number of aromatic nitrogens is 2. The van der Waals surface area contributed by atoms with Gasteiger partial charge in [0.25, 0.3) is 5.91 Å². The predicted octanol–water partition coefficient (Wildman–Crippen LogP) is 2.49. The van der Waals surface area contributed by atoms with E-state index in [1.807, 2.05) is 6.92 Å². The summed E-state index contributed by atoms with van der Waals surface area (Å²) in [5.74, 6) is 2.43. The van der Waals surface area contributed by atoms with E-state index < -0.39 is 0 Å². The second kappa shape index (κ2) is 8.77. The van der Waals surface area contributed by atoms with Crippen molar-refractivity contribution in [3.05, 3.63) is 35.8 Å². The third-order valence-electron chi connectivity index (χ3n) is 4.61. The number of rotatable bonds is 6. The van der Waals surface area contributed by atoms with Crippen LogP contribution in [0.3, 0.4) is 0 Å². The zero-order valence-electron chi connectivity index (χ0n) is 16.6. The fraction of sp³-hybridized carbons (Fsp3) is 0.450. The molecule has 1 saturated heterocycles. The number of hydrogen-bond donors (Lipinski definition) is 0. The van der Waals surface area contributed by atoms with Gasteiger partial charge in [-0.25, -0.2) is 4.98 Å². The van der Waals surface area contributed by atoms with Gasteiger partial charge in [0.05, 0.1) is 27.9 Å². The summed E-state index contributed by atoms with van der Waals surface area (Å²) in [6.07, 6.45) is 3.26. The van der Waals surface area contributed by atoms with Crippen molar-refractivity contribution in [3.63, 3.8) is 0 Å². The van der Waals surface area contributed by atoms with Crippen molar-refractivity contribution in [2.24, 2.45) is 0 Å². The highest BCUT2D eigenvalue weighted by atomic mass is 16.5. The van der Waals surface area contributed by atoms with Crippen LogP contribution < -0.4 is 18.9 Å². The SMILES string of the molecule is COc1cc(C(=O)N2CCC[C@@H](Oc3ccnc(C)n3)C2)cc(OC)c1OC. The number of methoxy groups -OCH3 is 3. The molecule has 0 aliphatic carbocycles. The molecule has 1 atom stereocenters. The van der Waals surface area contributed by atoms with Gasteiger partial charge < -0.3 is 23.8 Å². The number of piperidine rings is 1. The van der Waals surface area contributed by atoms with E-state index in [1.54, 1.807) is 29.3 Å². The zero-order valence-corrected chi connectivity index (χ0v) is 16.6. The normalized spacial score (nSPS) is 16.4. The molecule has 0 radical (unpaired) electrons. The van der Waals surface area contributed by atoms with Crippen LogP contribution >= 0.6 is 0 Å². The lowest BCUT2D eigenvalue weighted by molar-refractivity contribution is 0.0526. The van der Waals surface area contributed by atoms with Crippen LogP contribution in [0.15, 0.2) is 24.4 Å².